The third-order valence-electron chi connectivity index (χ3n) is 1.94. The zero-order chi connectivity index (χ0) is 8.55. The van der Waals surface area contributed by atoms with Gasteiger partial charge in [-0.05, 0) is 40.5 Å². The summed E-state index contributed by atoms with van der Waals surface area (Å²) in [6, 6.07) is 8.17. The summed E-state index contributed by atoms with van der Waals surface area (Å²) >= 11 is 3.47. The van der Waals surface area contributed by atoms with Crippen LogP contribution in [0.15, 0.2) is 34.9 Å². The number of benzene rings is 1. The Hall–Kier alpha value is -0.890. The molecule has 0 atom stereocenters. The molecule has 0 saturated carbocycles. The van der Waals surface area contributed by atoms with Gasteiger partial charge in [0.25, 0.3) is 0 Å². The van der Waals surface area contributed by atoms with Crippen LogP contribution in [0, 0.1) is 6.92 Å². The van der Waals surface area contributed by atoms with Gasteiger partial charge in [-0.2, -0.15) is 0 Å². The number of halogens is 1. The summed E-state index contributed by atoms with van der Waals surface area (Å²) < 4.78 is 1.06. The minimum absolute atomic E-state index is 1.04. The van der Waals surface area contributed by atoms with Gasteiger partial charge >= 0.3 is 0 Å². The second-order valence-corrected chi connectivity index (χ2v) is 3.62. The summed E-state index contributed by atoms with van der Waals surface area (Å²) in [5, 5.41) is 1.21. The molecule has 0 spiro atoms. The number of rotatable bonds is 0. The molecule has 0 N–H and O–H groups in total. The van der Waals surface area contributed by atoms with Crippen LogP contribution in [0.2, 0.25) is 0 Å². The first-order valence-electron chi connectivity index (χ1n) is 3.79. The second kappa shape index (κ2) is 2.87. The van der Waals surface area contributed by atoms with E-state index < -0.39 is 0 Å². The maximum Gasteiger partial charge on any atom is 0.0846 e. The van der Waals surface area contributed by atoms with E-state index in [0.29, 0.717) is 0 Å². The summed E-state index contributed by atoms with van der Waals surface area (Å²) in [6.45, 7) is 2.09. The quantitative estimate of drug-likeness (QED) is 0.666. The molecule has 2 rings (SSSR count). The molecule has 0 radical (unpaired) electrons. The lowest BCUT2D eigenvalue weighted by Gasteiger charge is -2.01. The molecule has 1 nitrogen and oxygen atoms in total. The third-order valence-corrected chi connectivity index (χ3v) is 2.58. The van der Waals surface area contributed by atoms with Crippen LogP contribution in [0.3, 0.4) is 0 Å². The van der Waals surface area contributed by atoms with Crippen molar-refractivity contribution in [1.82, 2.24) is 4.98 Å². The van der Waals surface area contributed by atoms with Crippen LogP contribution in [0.25, 0.3) is 10.9 Å². The Kier molecular flexibility index (Phi) is 1.85. The van der Waals surface area contributed by atoms with Crippen LogP contribution in [0.1, 0.15) is 5.56 Å². The molecule has 60 valence electrons. The van der Waals surface area contributed by atoms with E-state index in [2.05, 4.69) is 40.0 Å². The molecule has 0 fully saturated rings. The molecule has 0 bridgehead atoms. The van der Waals surface area contributed by atoms with Crippen molar-refractivity contribution in [3.8, 4) is 0 Å². The SMILES string of the molecule is Cc1ccc(Br)c2ncccc12. The molecular weight excluding hydrogens is 214 g/mol. The van der Waals surface area contributed by atoms with E-state index in [0.717, 1.165) is 9.99 Å². The number of fused-ring (bicyclic) bond motifs is 1. The zero-order valence-electron chi connectivity index (χ0n) is 6.71. The van der Waals surface area contributed by atoms with E-state index in [1.165, 1.54) is 10.9 Å². The van der Waals surface area contributed by atoms with Crippen molar-refractivity contribution in [1.29, 1.82) is 0 Å². The molecule has 2 aromatic rings. The Balaban J connectivity index is 2.95. The second-order valence-electron chi connectivity index (χ2n) is 2.76. The van der Waals surface area contributed by atoms with E-state index in [9.17, 15) is 0 Å². The van der Waals surface area contributed by atoms with Crippen LogP contribution >= 0.6 is 15.9 Å². The summed E-state index contributed by atoms with van der Waals surface area (Å²) in [4.78, 5) is 4.29. The van der Waals surface area contributed by atoms with Crippen LogP contribution < -0.4 is 0 Å². The summed E-state index contributed by atoms with van der Waals surface area (Å²) in [5.41, 5.74) is 2.30. The Bertz CT molecular complexity index is 383. The van der Waals surface area contributed by atoms with Gasteiger partial charge in [0, 0.05) is 16.1 Å². The van der Waals surface area contributed by atoms with Crippen molar-refractivity contribution in [2.24, 2.45) is 0 Å². The van der Waals surface area contributed by atoms with Crippen molar-refractivity contribution in [2.45, 2.75) is 6.92 Å². The molecule has 1 heterocycles. The third kappa shape index (κ3) is 1.12. The minimum Gasteiger partial charge on any atom is -0.255 e. The van der Waals surface area contributed by atoms with Gasteiger partial charge in [0.05, 0.1) is 5.52 Å². The maximum absolute atomic E-state index is 4.29. The number of aryl methyl sites for hydroxylation is 1. The van der Waals surface area contributed by atoms with Crippen LogP contribution in [-0.4, -0.2) is 4.98 Å². The van der Waals surface area contributed by atoms with Crippen molar-refractivity contribution < 1.29 is 0 Å². The van der Waals surface area contributed by atoms with Gasteiger partial charge in [0.15, 0.2) is 0 Å². The maximum atomic E-state index is 4.29. The fourth-order valence-electron chi connectivity index (χ4n) is 1.28. The molecule has 2 heteroatoms. The first kappa shape index (κ1) is 7.74. The van der Waals surface area contributed by atoms with Crippen molar-refractivity contribution in [2.75, 3.05) is 0 Å². The van der Waals surface area contributed by atoms with Gasteiger partial charge in [-0.1, -0.05) is 12.1 Å². The van der Waals surface area contributed by atoms with E-state index >= 15 is 0 Å². The number of aromatic nitrogens is 1. The molecule has 0 aliphatic carbocycles. The monoisotopic (exact) mass is 221 g/mol. The number of nitrogens with zero attached hydrogens (tertiary/aromatic N) is 1. The van der Waals surface area contributed by atoms with Crippen molar-refractivity contribution in [3.05, 3.63) is 40.5 Å². The standard InChI is InChI=1S/C10H8BrN/c1-7-4-5-9(11)10-8(7)3-2-6-12-10/h2-6H,1H3. The predicted octanol–water partition coefficient (Wildman–Crippen LogP) is 3.31. The van der Waals surface area contributed by atoms with Gasteiger partial charge in [0.2, 0.25) is 0 Å². The fourth-order valence-corrected chi connectivity index (χ4v) is 1.73. The number of hydrogen-bond donors (Lipinski definition) is 0. The Morgan fingerprint density at radius 2 is 2.08 bits per heavy atom. The van der Waals surface area contributed by atoms with Crippen molar-refractivity contribution >= 4 is 26.8 Å². The first-order chi connectivity index (χ1) is 5.79. The normalized spacial score (nSPS) is 10.5. The van der Waals surface area contributed by atoms with E-state index in [4.69, 9.17) is 0 Å². The van der Waals surface area contributed by atoms with Gasteiger partial charge in [-0.15, -0.1) is 0 Å². The molecule has 0 aliphatic rings. The van der Waals surface area contributed by atoms with Crippen LogP contribution in [0.5, 0.6) is 0 Å². The molecule has 0 aliphatic heterocycles. The number of hydrogen-bond acceptors (Lipinski definition) is 1. The average Bonchev–Trinajstić information content (AvgIpc) is 2.12. The Morgan fingerprint density at radius 1 is 1.25 bits per heavy atom. The van der Waals surface area contributed by atoms with Gasteiger partial charge in [0.1, 0.15) is 0 Å². The number of pyridine rings is 1. The average molecular weight is 222 g/mol. The largest absolute Gasteiger partial charge is 0.255 e. The highest BCUT2D eigenvalue weighted by Gasteiger charge is 2.00. The molecule has 0 saturated heterocycles. The van der Waals surface area contributed by atoms with Crippen molar-refractivity contribution in [3.63, 3.8) is 0 Å². The molecule has 0 unspecified atom stereocenters. The molecular formula is C10H8BrN. The van der Waals surface area contributed by atoms with Gasteiger partial charge < -0.3 is 0 Å². The lowest BCUT2D eigenvalue weighted by molar-refractivity contribution is 1.38. The lowest BCUT2D eigenvalue weighted by atomic mass is 10.1. The Morgan fingerprint density at radius 3 is 2.83 bits per heavy atom. The highest BCUT2D eigenvalue weighted by molar-refractivity contribution is 9.10. The highest BCUT2D eigenvalue weighted by atomic mass is 79.9. The zero-order valence-corrected chi connectivity index (χ0v) is 8.30. The van der Waals surface area contributed by atoms with Gasteiger partial charge in [-0.25, -0.2) is 0 Å². The summed E-state index contributed by atoms with van der Waals surface area (Å²) in [5.74, 6) is 0. The lowest BCUT2D eigenvalue weighted by Crippen LogP contribution is -1.82. The van der Waals surface area contributed by atoms with Crippen LogP contribution in [0.4, 0.5) is 0 Å². The Labute approximate surface area is 79.6 Å². The fraction of sp³-hybridized carbons (Fsp3) is 0.100. The highest BCUT2D eigenvalue weighted by Crippen LogP contribution is 2.23. The summed E-state index contributed by atoms with van der Waals surface area (Å²) in [7, 11) is 0. The van der Waals surface area contributed by atoms with Gasteiger partial charge in [-0.3, -0.25) is 4.98 Å². The molecule has 1 aromatic heterocycles. The predicted molar refractivity (Wildman–Crippen MR) is 54.2 cm³/mol. The van der Waals surface area contributed by atoms with Crippen LogP contribution in [-0.2, 0) is 0 Å². The van der Waals surface area contributed by atoms with E-state index in [1.54, 1.807) is 0 Å². The summed E-state index contributed by atoms with van der Waals surface area (Å²) in [6.07, 6.45) is 1.81. The van der Waals surface area contributed by atoms with E-state index in [1.807, 2.05) is 18.3 Å². The smallest absolute Gasteiger partial charge is 0.0846 e. The minimum atomic E-state index is 1.04. The molecule has 0 amide bonds. The molecule has 12 heavy (non-hydrogen) atoms. The van der Waals surface area contributed by atoms with E-state index in [-0.39, 0.29) is 0 Å². The topological polar surface area (TPSA) is 12.9 Å². The first-order valence-corrected chi connectivity index (χ1v) is 4.58. The molecule has 1 aromatic carbocycles.